The average molecular weight is 399 g/mol. The summed E-state index contributed by atoms with van der Waals surface area (Å²) in [6.07, 6.45) is 0. The molecule has 0 atom stereocenters. The highest BCUT2D eigenvalue weighted by Crippen LogP contribution is 2.29. The van der Waals surface area contributed by atoms with E-state index in [1.807, 2.05) is 0 Å². The lowest BCUT2D eigenvalue weighted by atomic mass is 10.2. The van der Waals surface area contributed by atoms with Gasteiger partial charge in [-0.05, 0) is 36.4 Å². The third-order valence-electron chi connectivity index (χ3n) is 3.46. The molecular weight excluding hydrogens is 380 g/mol. The molecule has 2 aromatic rings. The molecule has 2 rings (SSSR count). The van der Waals surface area contributed by atoms with Crippen molar-refractivity contribution in [2.24, 2.45) is 0 Å². The molecule has 0 spiro atoms. The predicted molar refractivity (Wildman–Crippen MR) is 99.8 cm³/mol. The summed E-state index contributed by atoms with van der Waals surface area (Å²) in [5.74, 6) is 0.0563. The van der Waals surface area contributed by atoms with Crippen LogP contribution in [0.15, 0.2) is 41.3 Å². The first-order valence-corrected chi connectivity index (χ1v) is 9.51. The SMILES string of the molecule is CCNS(=O)(=O)c1cc(C(=O)Nc2cc(Cl)ccc2OC)ccc1OC. The van der Waals surface area contributed by atoms with Crippen molar-refractivity contribution >= 4 is 33.2 Å². The molecule has 0 unspecified atom stereocenters. The third kappa shape index (κ3) is 4.46. The first kappa shape index (κ1) is 20.0. The van der Waals surface area contributed by atoms with Crippen molar-refractivity contribution in [3.8, 4) is 11.5 Å². The van der Waals surface area contributed by atoms with E-state index in [1.165, 1.54) is 38.5 Å². The molecule has 2 N–H and O–H groups in total. The molecule has 0 aromatic heterocycles. The average Bonchev–Trinajstić information content (AvgIpc) is 2.61. The zero-order chi connectivity index (χ0) is 19.3. The number of methoxy groups -OCH3 is 2. The van der Waals surface area contributed by atoms with Crippen LogP contribution in [0.25, 0.3) is 0 Å². The summed E-state index contributed by atoms with van der Waals surface area (Å²) in [6.45, 7) is 1.87. The number of anilines is 1. The first-order valence-electron chi connectivity index (χ1n) is 7.65. The highest BCUT2D eigenvalue weighted by molar-refractivity contribution is 7.89. The third-order valence-corrected chi connectivity index (χ3v) is 5.26. The van der Waals surface area contributed by atoms with E-state index in [1.54, 1.807) is 19.1 Å². The lowest BCUT2D eigenvalue weighted by Gasteiger charge is -2.13. The van der Waals surface area contributed by atoms with E-state index >= 15 is 0 Å². The highest BCUT2D eigenvalue weighted by atomic mass is 35.5. The van der Waals surface area contributed by atoms with Crippen molar-refractivity contribution in [2.75, 3.05) is 26.1 Å². The lowest BCUT2D eigenvalue weighted by Crippen LogP contribution is -2.24. The van der Waals surface area contributed by atoms with E-state index in [4.69, 9.17) is 21.1 Å². The molecule has 0 aliphatic rings. The summed E-state index contributed by atoms with van der Waals surface area (Å²) in [5, 5.41) is 3.08. The molecule has 2 aromatic carbocycles. The second-order valence-electron chi connectivity index (χ2n) is 5.17. The fraction of sp³-hybridized carbons (Fsp3) is 0.235. The van der Waals surface area contributed by atoms with Gasteiger partial charge in [-0.25, -0.2) is 13.1 Å². The number of sulfonamides is 1. The second kappa shape index (κ2) is 8.39. The van der Waals surface area contributed by atoms with E-state index in [0.717, 1.165) is 0 Å². The van der Waals surface area contributed by atoms with Crippen molar-refractivity contribution in [1.82, 2.24) is 4.72 Å². The summed E-state index contributed by atoms with van der Waals surface area (Å²) >= 11 is 5.95. The largest absolute Gasteiger partial charge is 0.495 e. The van der Waals surface area contributed by atoms with Crippen molar-refractivity contribution in [2.45, 2.75) is 11.8 Å². The molecule has 0 aliphatic carbocycles. The van der Waals surface area contributed by atoms with Crippen molar-refractivity contribution in [1.29, 1.82) is 0 Å². The van der Waals surface area contributed by atoms with Gasteiger partial charge < -0.3 is 14.8 Å². The van der Waals surface area contributed by atoms with Crippen LogP contribution in [0, 0.1) is 0 Å². The zero-order valence-electron chi connectivity index (χ0n) is 14.5. The topological polar surface area (TPSA) is 93.7 Å². The van der Waals surface area contributed by atoms with Crippen LogP contribution in [0.3, 0.4) is 0 Å². The van der Waals surface area contributed by atoms with E-state index in [9.17, 15) is 13.2 Å². The Morgan fingerprint density at radius 3 is 2.35 bits per heavy atom. The maximum absolute atomic E-state index is 12.6. The van der Waals surface area contributed by atoms with Gasteiger partial charge in [0.05, 0.1) is 19.9 Å². The van der Waals surface area contributed by atoms with Gasteiger partial charge in [0.15, 0.2) is 0 Å². The number of hydrogen-bond donors (Lipinski definition) is 2. The highest BCUT2D eigenvalue weighted by Gasteiger charge is 2.21. The van der Waals surface area contributed by atoms with Crippen LogP contribution < -0.4 is 19.5 Å². The number of ether oxygens (including phenoxy) is 2. The Labute approximate surface area is 157 Å². The monoisotopic (exact) mass is 398 g/mol. The first-order chi connectivity index (χ1) is 12.3. The molecule has 1 amide bonds. The Kier molecular flexibility index (Phi) is 6.47. The van der Waals surface area contributed by atoms with Crippen LogP contribution in [-0.2, 0) is 10.0 Å². The standard InChI is InChI=1S/C17H19ClN2O5S/c1-4-19-26(22,23)16-9-11(5-7-15(16)25-3)17(21)20-13-10-12(18)6-8-14(13)24-2/h5-10,19H,4H2,1-3H3,(H,20,21). The predicted octanol–water partition coefficient (Wildman–Crippen LogP) is 2.91. The Balaban J connectivity index is 2.40. The van der Waals surface area contributed by atoms with Crippen LogP contribution in [0.4, 0.5) is 5.69 Å². The van der Waals surface area contributed by atoms with Crippen molar-refractivity contribution in [3.05, 3.63) is 47.0 Å². The number of benzene rings is 2. The summed E-state index contributed by atoms with van der Waals surface area (Å²) in [7, 11) is -0.979. The van der Waals surface area contributed by atoms with E-state index < -0.39 is 15.9 Å². The van der Waals surface area contributed by atoms with Gasteiger partial charge in [0.25, 0.3) is 5.91 Å². The number of amides is 1. The number of carbonyl (C=O) groups excluding carboxylic acids is 1. The number of halogens is 1. The van der Waals surface area contributed by atoms with Crippen LogP contribution in [-0.4, -0.2) is 35.1 Å². The normalized spacial score (nSPS) is 11.1. The minimum atomic E-state index is -3.80. The van der Waals surface area contributed by atoms with Crippen LogP contribution in [0.1, 0.15) is 17.3 Å². The van der Waals surface area contributed by atoms with Gasteiger partial charge in [-0.2, -0.15) is 0 Å². The number of rotatable bonds is 7. The lowest BCUT2D eigenvalue weighted by molar-refractivity contribution is 0.102. The maximum Gasteiger partial charge on any atom is 0.255 e. The number of nitrogens with one attached hydrogen (secondary N) is 2. The van der Waals surface area contributed by atoms with E-state index in [-0.39, 0.29) is 22.8 Å². The van der Waals surface area contributed by atoms with Crippen LogP contribution in [0.5, 0.6) is 11.5 Å². The van der Waals surface area contributed by atoms with Crippen LogP contribution in [0.2, 0.25) is 5.02 Å². The summed E-state index contributed by atoms with van der Waals surface area (Å²) in [5.41, 5.74) is 0.515. The fourth-order valence-electron chi connectivity index (χ4n) is 2.27. The van der Waals surface area contributed by atoms with Gasteiger partial charge in [0, 0.05) is 17.1 Å². The molecule has 0 aliphatic heterocycles. The molecule has 0 bridgehead atoms. The maximum atomic E-state index is 12.6. The second-order valence-corrected chi connectivity index (χ2v) is 7.34. The molecule has 0 fully saturated rings. The molecule has 7 nitrogen and oxygen atoms in total. The summed E-state index contributed by atoms with van der Waals surface area (Å²) in [6, 6.07) is 8.93. The van der Waals surface area contributed by atoms with Gasteiger partial charge in [0.2, 0.25) is 10.0 Å². The minimum absolute atomic E-state index is 0.118. The Bertz CT molecular complexity index is 915. The molecule has 0 saturated carbocycles. The minimum Gasteiger partial charge on any atom is -0.495 e. The molecule has 0 radical (unpaired) electrons. The van der Waals surface area contributed by atoms with Gasteiger partial charge in [-0.3, -0.25) is 4.79 Å². The Morgan fingerprint density at radius 2 is 1.73 bits per heavy atom. The van der Waals surface area contributed by atoms with E-state index in [2.05, 4.69) is 10.0 Å². The van der Waals surface area contributed by atoms with Crippen LogP contribution >= 0.6 is 11.6 Å². The van der Waals surface area contributed by atoms with E-state index in [0.29, 0.717) is 16.5 Å². The summed E-state index contributed by atoms with van der Waals surface area (Å²) in [4.78, 5) is 12.4. The quantitative estimate of drug-likeness (QED) is 0.747. The number of carbonyl (C=O) groups is 1. The molecular formula is C17H19ClN2O5S. The van der Waals surface area contributed by atoms with Crippen molar-refractivity contribution in [3.63, 3.8) is 0 Å². The fourth-order valence-corrected chi connectivity index (χ4v) is 3.67. The van der Waals surface area contributed by atoms with Gasteiger partial charge in [-0.15, -0.1) is 0 Å². The zero-order valence-corrected chi connectivity index (χ0v) is 16.1. The van der Waals surface area contributed by atoms with Gasteiger partial charge >= 0.3 is 0 Å². The Morgan fingerprint density at radius 1 is 1.08 bits per heavy atom. The number of hydrogen-bond acceptors (Lipinski definition) is 5. The molecule has 0 heterocycles. The molecule has 9 heteroatoms. The molecule has 0 saturated heterocycles. The van der Waals surface area contributed by atoms with Gasteiger partial charge in [0.1, 0.15) is 16.4 Å². The van der Waals surface area contributed by atoms with Gasteiger partial charge in [-0.1, -0.05) is 18.5 Å². The smallest absolute Gasteiger partial charge is 0.255 e. The summed E-state index contributed by atoms with van der Waals surface area (Å²) < 4.78 is 37.3. The van der Waals surface area contributed by atoms with Crippen molar-refractivity contribution < 1.29 is 22.7 Å². The molecule has 140 valence electrons. The molecule has 26 heavy (non-hydrogen) atoms. The Hall–Kier alpha value is -2.29.